The lowest BCUT2D eigenvalue weighted by molar-refractivity contribution is 0.126. The number of thiazole rings is 1. The summed E-state index contributed by atoms with van der Waals surface area (Å²) < 4.78 is 1.13. The van der Waals surface area contributed by atoms with Crippen LogP contribution in [0.2, 0.25) is 0 Å². The quantitative estimate of drug-likeness (QED) is 0.413. The number of nitrogens with zero attached hydrogens (tertiary/aromatic N) is 3. The van der Waals surface area contributed by atoms with Crippen molar-refractivity contribution in [1.29, 1.82) is 0 Å². The number of anilines is 3. The molecule has 7 heteroatoms. The first-order valence-electron chi connectivity index (χ1n) is 10.2. The van der Waals surface area contributed by atoms with Gasteiger partial charge in [0.05, 0.1) is 16.3 Å². The zero-order valence-corrected chi connectivity index (χ0v) is 17.3. The zero-order chi connectivity index (χ0) is 20.3. The van der Waals surface area contributed by atoms with Gasteiger partial charge in [0.25, 0.3) is 0 Å². The van der Waals surface area contributed by atoms with E-state index >= 15 is 0 Å². The molecule has 3 aromatic heterocycles. The average molecular weight is 418 g/mol. The monoisotopic (exact) mass is 417 g/mol. The Labute approximate surface area is 179 Å². The average Bonchev–Trinajstić information content (AvgIpc) is 3.17. The van der Waals surface area contributed by atoms with Crippen LogP contribution in [0.15, 0.2) is 60.9 Å². The number of hydrogen-bond donors (Lipinski definition) is 3. The molecule has 0 amide bonds. The van der Waals surface area contributed by atoms with Crippen molar-refractivity contribution in [2.24, 2.45) is 0 Å². The molecule has 6 nitrogen and oxygen atoms in total. The number of aliphatic hydroxyl groups is 1. The van der Waals surface area contributed by atoms with Gasteiger partial charge in [0.15, 0.2) is 5.13 Å². The van der Waals surface area contributed by atoms with E-state index in [1.807, 2.05) is 30.3 Å². The maximum Gasteiger partial charge on any atom is 0.189 e. The Morgan fingerprint density at radius 2 is 1.67 bits per heavy atom. The summed E-state index contributed by atoms with van der Waals surface area (Å²) in [4.78, 5) is 13.5. The highest BCUT2D eigenvalue weighted by molar-refractivity contribution is 7.22. The van der Waals surface area contributed by atoms with Crippen LogP contribution in [0.5, 0.6) is 0 Å². The van der Waals surface area contributed by atoms with Crippen LogP contribution in [0.25, 0.3) is 21.3 Å². The normalized spacial score (nSPS) is 19.0. The minimum atomic E-state index is -0.151. The van der Waals surface area contributed by atoms with Gasteiger partial charge in [0.2, 0.25) is 0 Å². The summed E-state index contributed by atoms with van der Waals surface area (Å²) >= 11 is 1.62. The van der Waals surface area contributed by atoms with Gasteiger partial charge in [-0.25, -0.2) is 9.97 Å². The number of nitrogens with one attached hydrogen (secondary N) is 2. The fourth-order valence-electron chi connectivity index (χ4n) is 3.83. The number of benzene rings is 1. The molecule has 1 saturated carbocycles. The van der Waals surface area contributed by atoms with Crippen molar-refractivity contribution < 1.29 is 5.11 Å². The van der Waals surface area contributed by atoms with Gasteiger partial charge in [-0.1, -0.05) is 23.5 Å². The van der Waals surface area contributed by atoms with Crippen LogP contribution in [0.3, 0.4) is 0 Å². The van der Waals surface area contributed by atoms with E-state index in [1.165, 1.54) is 0 Å². The summed E-state index contributed by atoms with van der Waals surface area (Å²) in [6.07, 6.45) is 7.10. The first-order valence-corrected chi connectivity index (χ1v) is 11.0. The zero-order valence-electron chi connectivity index (χ0n) is 16.5. The van der Waals surface area contributed by atoms with E-state index in [2.05, 4.69) is 33.8 Å². The second kappa shape index (κ2) is 8.38. The number of pyridine rings is 2. The second-order valence-electron chi connectivity index (χ2n) is 7.62. The lowest BCUT2D eigenvalue weighted by atomic mass is 9.93. The van der Waals surface area contributed by atoms with Gasteiger partial charge in [-0.2, -0.15) is 0 Å². The van der Waals surface area contributed by atoms with E-state index in [1.54, 1.807) is 23.7 Å². The third kappa shape index (κ3) is 4.27. The largest absolute Gasteiger partial charge is 0.393 e. The Morgan fingerprint density at radius 3 is 2.50 bits per heavy atom. The first kappa shape index (κ1) is 19.0. The number of aliphatic hydroxyl groups excluding tert-OH is 1. The van der Waals surface area contributed by atoms with Crippen LogP contribution >= 0.6 is 11.3 Å². The van der Waals surface area contributed by atoms with E-state index in [0.717, 1.165) is 63.8 Å². The van der Waals surface area contributed by atoms with E-state index in [-0.39, 0.29) is 6.10 Å². The molecular weight excluding hydrogens is 394 g/mol. The summed E-state index contributed by atoms with van der Waals surface area (Å²) in [5.74, 6) is 1.62. The van der Waals surface area contributed by atoms with Gasteiger partial charge < -0.3 is 15.7 Å². The minimum Gasteiger partial charge on any atom is -0.393 e. The molecule has 0 radical (unpaired) electrons. The third-order valence-electron chi connectivity index (χ3n) is 5.43. The van der Waals surface area contributed by atoms with Crippen LogP contribution in [0.1, 0.15) is 25.7 Å². The Hall–Kier alpha value is -3.03. The maximum atomic E-state index is 9.68. The molecule has 1 fully saturated rings. The highest BCUT2D eigenvalue weighted by Gasteiger charge is 2.19. The Balaban J connectivity index is 1.32. The maximum absolute atomic E-state index is 9.68. The van der Waals surface area contributed by atoms with Crippen LogP contribution in [0.4, 0.5) is 16.8 Å². The predicted octanol–water partition coefficient (Wildman–Crippen LogP) is 5.21. The van der Waals surface area contributed by atoms with Gasteiger partial charge in [-0.3, -0.25) is 4.98 Å². The molecule has 0 atom stereocenters. The molecule has 3 heterocycles. The Bertz CT molecular complexity index is 1140. The van der Waals surface area contributed by atoms with Gasteiger partial charge in [0.1, 0.15) is 11.6 Å². The van der Waals surface area contributed by atoms with Crippen LogP contribution in [-0.4, -0.2) is 32.2 Å². The molecule has 5 rings (SSSR count). The number of rotatable bonds is 5. The first-order chi connectivity index (χ1) is 14.7. The van der Waals surface area contributed by atoms with Gasteiger partial charge in [-0.15, -0.1) is 0 Å². The standard InChI is InChI=1S/C23H23N5OS/c29-18-7-5-17(6-8-18)25-21-2-1-3-22(27-21)28-23-26-19-9-4-16(14-20(19)30-23)15-10-12-24-13-11-15/h1-4,9-14,17-18,29H,5-8H2,(H2,25,26,27,28). The molecule has 0 bridgehead atoms. The third-order valence-corrected chi connectivity index (χ3v) is 6.37. The summed E-state index contributed by atoms with van der Waals surface area (Å²) in [6.45, 7) is 0. The van der Waals surface area contributed by atoms with Crippen LogP contribution in [0, 0.1) is 0 Å². The topological polar surface area (TPSA) is 83.0 Å². The fourth-order valence-corrected chi connectivity index (χ4v) is 4.74. The summed E-state index contributed by atoms with van der Waals surface area (Å²) in [7, 11) is 0. The SMILES string of the molecule is OC1CCC(Nc2cccc(Nc3nc4ccc(-c5ccncc5)cc4s3)n2)CC1. The predicted molar refractivity (Wildman–Crippen MR) is 122 cm³/mol. The van der Waals surface area contributed by atoms with Crippen molar-refractivity contribution in [1.82, 2.24) is 15.0 Å². The van der Waals surface area contributed by atoms with E-state index in [0.29, 0.717) is 6.04 Å². The van der Waals surface area contributed by atoms with Gasteiger partial charge >= 0.3 is 0 Å². The van der Waals surface area contributed by atoms with Crippen molar-refractivity contribution in [3.8, 4) is 11.1 Å². The molecule has 0 unspecified atom stereocenters. The van der Waals surface area contributed by atoms with Crippen molar-refractivity contribution in [3.05, 3.63) is 60.9 Å². The molecule has 1 aliphatic carbocycles. The van der Waals surface area contributed by atoms with Gasteiger partial charge in [-0.05, 0) is 73.2 Å². The molecule has 30 heavy (non-hydrogen) atoms. The van der Waals surface area contributed by atoms with Crippen molar-refractivity contribution >= 4 is 38.3 Å². The van der Waals surface area contributed by atoms with Crippen LogP contribution in [-0.2, 0) is 0 Å². The Kier molecular flexibility index (Phi) is 5.29. The second-order valence-corrected chi connectivity index (χ2v) is 8.65. The summed E-state index contributed by atoms with van der Waals surface area (Å²) in [5.41, 5.74) is 3.27. The van der Waals surface area contributed by atoms with Crippen molar-refractivity contribution in [2.75, 3.05) is 10.6 Å². The van der Waals surface area contributed by atoms with Crippen molar-refractivity contribution in [2.45, 2.75) is 37.8 Å². The number of hydrogen-bond acceptors (Lipinski definition) is 7. The molecule has 1 aromatic carbocycles. The molecule has 4 aromatic rings. The van der Waals surface area contributed by atoms with E-state index < -0.39 is 0 Å². The highest BCUT2D eigenvalue weighted by Crippen LogP contribution is 2.32. The van der Waals surface area contributed by atoms with Crippen LogP contribution < -0.4 is 10.6 Å². The molecule has 3 N–H and O–H groups in total. The molecule has 152 valence electrons. The molecule has 1 aliphatic rings. The smallest absolute Gasteiger partial charge is 0.189 e. The molecule has 0 spiro atoms. The lowest BCUT2D eigenvalue weighted by Crippen LogP contribution is -2.28. The van der Waals surface area contributed by atoms with E-state index in [9.17, 15) is 5.11 Å². The van der Waals surface area contributed by atoms with E-state index in [4.69, 9.17) is 9.97 Å². The Morgan fingerprint density at radius 1 is 0.867 bits per heavy atom. The molecule has 0 aliphatic heterocycles. The lowest BCUT2D eigenvalue weighted by Gasteiger charge is -2.26. The molecular formula is C23H23N5OS. The molecule has 0 saturated heterocycles. The summed E-state index contributed by atoms with van der Waals surface area (Å²) in [5, 5.41) is 17.3. The van der Waals surface area contributed by atoms with Gasteiger partial charge in [0, 0.05) is 18.4 Å². The number of aromatic nitrogens is 3. The van der Waals surface area contributed by atoms with Crippen molar-refractivity contribution in [3.63, 3.8) is 0 Å². The minimum absolute atomic E-state index is 0.151. The summed E-state index contributed by atoms with van der Waals surface area (Å²) in [6, 6.07) is 16.6. The number of fused-ring (bicyclic) bond motifs is 1. The fraction of sp³-hybridized carbons (Fsp3) is 0.261. The highest BCUT2D eigenvalue weighted by atomic mass is 32.1.